The molecule has 1 aromatic heterocycles. The zero-order valence-corrected chi connectivity index (χ0v) is 19.0. The van der Waals surface area contributed by atoms with Gasteiger partial charge in [0.1, 0.15) is 5.75 Å². The predicted octanol–water partition coefficient (Wildman–Crippen LogP) is 5.54. The van der Waals surface area contributed by atoms with Gasteiger partial charge in [-0.05, 0) is 43.0 Å². The highest BCUT2D eigenvalue weighted by atomic mass is 16.6. The lowest BCUT2D eigenvalue weighted by Crippen LogP contribution is -2.36. The molecule has 1 heterocycles. The molecular formula is C26H33N3O3. The van der Waals surface area contributed by atoms with Gasteiger partial charge in [0.2, 0.25) is 0 Å². The maximum absolute atomic E-state index is 12.8. The van der Waals surface area contributed by atoms with Crippen molar-refractivity contribution in [3.05, 3.63) is 65.9 Å². The predicted molar refractivity (Wildman–Crippen MR) is 128 cm³/mol. The van der Waals surface area contributed by atoms with Crippen LogP contribution in [0.25, 0.3) is 10.9 Å². The zero-order valence-electron chi connectivity index (χ0n) is 19.0. The summed E-state index contributed by atoms with van der Waals surface area (Å²) in [5.74, 6) is 0.0435. The maximum atomic E-state index is 12.8. The molecule has 32 heavy (non-hydrogen) atoms. The number of ether oxygens (including phenoxy) is 1. The number of amides is 2. The lowest BCUT2D eigenvalue weighted by Gasteiger charge is -2.22. The smallest absolute Gasteiger partial charge is 0.409 e. The van der Waals surface area contributed by atoms with Gasteiger partial charge >= 0.3 is 6.09 Å². The van der Waals surface area contributed by atoms with Gasteiger partial charge in [0.05, 0.1) is 5.56 Å². The standard InChI is InChI=1S/C26H33N3O3/c1-3-5-17-29(18-6-4-2)26(31)32-24-14-10-8-12-22(24)25(30)27-16-15-20-19-28-23-13-9-7-11-21(20)23/h7-14,19,28H,3-6,15-18H2,1-2H3,(H,27,30). The minimum absolute atomic E-state index is 0.248. The molecule has 3 aromatic rings. The highest BCUT2D eigenvalue weighted by Crippen LogP contribution is 2.20. The number of nitrogens with one attached hydrogen (secondary N) is 2. The first-order valence-corrected chi connectivity index (χ1v) is 11.5. The van der Waals surface area contributed by atoms with Crippen LogP contribution in [0.2, 0.25) is 0 Å². The van der Waals surface area contributed by atoms with E-state index in [2.05, 4.69) is 30.2 Å². The minimum Gasteiger partial charge on any atom is -0.409 e. The van der Waals surface area contributed by atoms with E-state index in [0.29, 0.717) is 37.4 Å². The van der Waals surface area contributed by atoms with E-state index in [1.54, 1.807) is 29.2 Å². The number of aromatic amines is 1. The van der Waals surface area contributed by atoms with Gasteiger partial charge in [0, 0.05) is 36.7 Å². The molecule has 2 amide bonds. The van der Waals surface area contributed by atoms with E-state index < -0.39 is 6.09 Å². The van der Waals surface area contributed by atoms with E-state index in [1.165, 1.54) is 0 Å². The quantitative estimate of drug-likeness (QED) is 0.415. The van der Waals surface area contributed by atoms with Gasteiger partial charge in [-0.1, -0.05) is 57.0 Å². The number of H-pyrrole nitrogens is 1. The van der Waals surface area contributed by atoms with Crippen molar-refractivity contribution in [3.8, 4) is 5.75 Å². The molecule has 2 aromatic carbocycles. The van der Waals surface area contributed by atoms with Crippen LogP contribution in [0, 0.1) is 0 Å². The topological polar surface area (TPSA) is 74.4 Å². The van der Waals surface area contributed by atoms with Crippen molar-refractivity contribution in [1.82, 2.24) is 15.2 Å². The highest BCUT2D eigenvalue weighted by Gasteiger charge is 2.19. The number of unbranched alkanes of at least 4 members (excludes halogenated alkanes) is 2. The maximum Gasteiger partial charge on any atom is 0.415 e. The fourth-order valence-corrected chi connectivity index (χ4v) is 3.64. The third-order valence-corrected chi connectivity index (χ3v) is 5.51. The molecule has 0 saturated heterocycles. The molecule has 3 rings (SSSR count). The van der Waals surface area contributed by atoms with Gasteiger partial charge in [-0.15, -0.1) is 0 Å². The van der Waals surface area contributed by atoms with Crippen molar-refractivity contribution in [1.29, 1.82) is 0 Å². The molecule has 0 aliphatic carbocycles. The minimum atomic E-state index is -0.397. The van der Waals surface area contributed by atoms with E-state index in [0.717, 1.165) is 42.1 Å². The summed E-state index contributed by atoms with van der Waals surface area (Å²) >= 11 is 0. The van der Waals surface area contributed by atoms with Gasteiger partial charge < -0.3 is 19.9 Å². The number of aromatic nitrogens is 1. The lowest BCUT2D eigenvalue weighted by molar-refractivity contribution is 0.0950. The second-order valence-electron chi connectivity index (χ2n) is 7.92. The van der Waals surface area contributed by atoms with Gasteiger partial charge in [-0.3, -0.25) is 4.79 Å². The number of rotatable bonds is 11. The van der Waals surface area contributed by atoms with Crippen LogP contribution in [0.1, 0.15) is 55.5 Å². The van der Waals surface area contributed by atoms with Gasteiger partial charge in [0.15, 0.2) is 0 Å². The second-order valence-corrected chi connectivity index (χ2v) is 7.92. The van der Waals surface area contributed by atoms with Crippen molar-refractivity contribution in [3.63, 3.8) is 0 Å². The van der Waals surface area contributed by atoms with Crippen LogP contribution in [0.15, 0.2) is 54.7 Å². The fourth-order valence-electron chi connectivity index (χ4n) is 3.64. The highest BCUT2D eigenvalue weighted by molar-refractivity contribution is 5.97. The second kappa shape index (κ2) is 11.9. The number of hydrogen-bond acceptors (Lipinski definition) is 3. The van der Waals surface area contributed by atoms with Crippen LogP contribution in [0.4, 0.5) is 4.79 Å². The largest absolute Gasteiger partial charge is 0.415 e. The Morgan fingerprint density at radius 1 is 0.969 bits per heavy atom. The Balaban J connectivity index is 1.61. The molecule has 0 radical (unpaired) electrons. The number of para-hydroxylation sites is 2. The molecule has 0 atom stereocenters. The Kier molecular flexibility index (Phi) is 8.72. The Labute approximate surface area is 190 Å². The first-order valence-electron chi connectivity index (χ1n) is 11.5. The SMILES string of the molecule is CCCCN(CCCC)C(=O)Oc1ccccc1C(=O)NCCc1c[nH]c2ccccc12. The number of nitrogens with zero attached hydrogens (tertiary/aromatic N) is 1. The first kappa shape index (κ1) is 23.4. The monoisotopic (exact) mass is 435 g/mol. The molecule has 0 aliphatic rings. The van der Waals surface area contributed by atoms with Crippen molar-refractivity contribution in [2.75, 3.05) is 19.6 Å². The number of fused-ring (bicyclic) bond motifs is 1. The molecule has 0 saturated carbocycles. The summed E-state index contributed by atoms with van der Waals surface area (Å²) in [5.41, 5.74) is 2.61. The van der Waals surface area contributed by atoms with Crippen molar-refractivity contribution in [2.45, 2.75) is 46.0 Å². The Bertz CT molecular complexity index is 1020. The first-order chi connectivity index (χ1) is 15.6. The molecule has 0 unspecified atom stereocenters. The molecule has 0 fully saturated rings. The Morgan fingerprint density at radius 2 is 1.66 bits per heavy atom. The third-order valence-electron chi connectivity index (χ3n) is 5.51. The zero-order chi connectivity index (χ0) is 22.8. The van der Waals surface area contributed by atoms with Crippen LogP contribution < -0.4 is 10.1 Å². The van der Waals surface area contributed by atoms with Crippen LogP contribution in [-0.2, 0) is 6.42 Å². The van der Waals surface area contributed by atoms with Crippen molar-refractivity contribution in [2.24, 2.45) is 0 Å². The van der Waals surface area contributed by atoms with Gasteiger partial charge in [0.25, 0.3) is 5.91 Å². The fraction of sp³-hybridized carbons (Fsp3) is 0.385. The summed E-state index contributed by atoms with van der Waals surface area (Å²) in [6.07, 6.45) is 6.15. The van der Waals surface area contributed by atoms with E-state index in [9.17, 15) is 9.59 Å². The molecule has 0 bridgehead atoms. The molecule has 2 N–H and O–H groups in total. The number of benzene rings is 2. The summed E-state index contributed by atoms with van der Waals surface area (Å²) in [6.45, 7) is 6.00. The average Bonchev–Trinajstić information content (AvgIpc) is 3.22. The van der Waals surface area contributed by atoms with E-state index in [4.69, 9.17) is 4.74 Å². The summed E-state index contributed by atoms with van der Waals surface area (Å²) in [5, 5.41) is 4.12. The molecule has 170 valence electrons. The lowest BCUT2D eigenvalue weighted by atomic mass is 10.1. The number of carbonyl (C=O) groups is 2. The number of carbonyl (C=O) groups excluding carboxylic acids is 2. The van der Waals surface area contributed by atoms with Gasteiger partial charge in [-0.2, -0.15) is 0 Å². The normalized spacial score (nSPS) is 10.8. The number of hydrogen-bond donors (Lipinski definition) is 2. The van der Waals surface area contributed by atoms with Crippen LogP contribution in [-0.4, -0.2) is 41.5 Å². The molecule has 6 nitrogen and oxygen atoms in total. The van der Waals surface area contributed by atoms with Crippen molar-refractivity contribution < 1.29 is 14.3 Å². The molecule has 0 aliphatic heterocycles. The third kappa shape index (κ3) is 6.13. The molecule has 0 spiro atoms. The van der Waals surface area contributed by atoms with E-state index >= 15 is 0 Å². The van der Waals surface area contributed by atoms with E-state index in [-0.39, 0.29) is 5.91 Å². The summed E-state index contributed by atoms with van der Waals surface area (Å²) < 4.78 is 5.65. The molecular weight excluding hydrogens is 402 g/mol. The molecule has 6 heteroatoms. The summed E-state index contributed by atoms with van der Waals surface area (Å²) in [7, 11) is 0. The Hall–Kier alpha value is -3.28. The van der Waals surface area contributed by atoms with Crippen molar-refractivity contribution >= 4 is 22.9 Å². The average molecular weight is 436 g/mol. The van der Waals surface area contributed by atoms with E-state index in [1.807, 2.05) is 24.4 Å². The van der Waals surface area contributed by atoms with Crippen LogP contribution in [0.5, 0.6) is 5.75 Å². The van der Waals surface area contributed by atoms with Gasteiger partial charge in [-0.25, -0.2) is 4.79 Å². The van der Waals surface area contributed by atoms with Crippen LogP contribution >= 0.6 is 0 Å². The summed E-state index contributed by atoms with van der Waals surface area (Å²) in [6, 6.07) is 15.0. The van der Waals surface area contributed by atoms with Crippen LogP contribution in [0.3, 0.4) is 0 Å². The summed E-state index contributed by atoms with van der Waals surface area (Å²) in [4.78, 5) is 30.6. The Morgan fingerprint density at radius 3 is 2.41 bits per heavy atom.